The van der Waals surface area contributed by atoms with Gasteiger partial charge in [0.2, 0.25) is 0 Å². The molecular formula is C16H22N4S. The fourth-order valence-electron chi connectivity index (χ4n) is 3.86. The van der Waals surface area contributed by atoms with Gasteiger partial charge in [0.1, 0.15) is 12.1 Å². The van der Waals surface area contributed by atoms with Crippen molar-refractivity contribution in [1.29, 1.82) is 0 Å². The third-order valence-electron chi connectivity index (χ3n) is 5.05. The smallest absolute Gasteiger partial charge is 0.150 e. The molecule has 0 spiro atoms. The summed E-state index contributed by atoms with van der Waals surface area (Å²) >= 11 is 1.79. The van der Waals surface area contributed by atoms with Crippen molar-refractivity contribution in [3.8, 4) is 0 Å². The second kappa shape index (κ2) is 5.21. The van der Waals surface area contributed by atoms with E-state index in [1.807, 2.05) is 0 Å². The number of aryl methyl sites for hydroxylation is 1. The highest BCUT2D eigenvalue weighted by Crippen LogP contribution is 2.35. The first-order chi connectivity index (χ1) is 10.3. The molecule has 0 N–H and O–H groups in total. The lowest BCUT2D eigenvalue weighted by atomic mass is 10.0. The maximum atomic E-state index is 4.66. The summed E-state index contributed by atoms with van der Waals surface area (Å²) in [4.78, 5) is 14.4. The van der Waals surface area contributed by atoms with Crippen molar-refractivity contribution in [2.75, 3.05) is 24.5 Å². The Morgan fingerprint density at radius 3 is 3.10 bits per heavy atom. The van der Waals surface area contributed by atoms with Crippen molar-refractivity contribution in [1.82, 2.24) is 14.9 Å². The molecule has 112 valence electrons. The highest BCUT2D eigenvalue weighted by Gasteiger charge is 2.36. The van der Waals surface area contributed by atoms with Gasteiger partial charge in [-0.25, -0.2) is 9.97 Å². The van der Waals surface area contributed by atoms with Crippen LogP contribution in [0.25, 0.3) is 10.2 Å². The molecule has 2 atom stereocenters. The van der Waals surface area contributed by atoms with Gasteiger partial charge in [0.05, 0.1) is 10.2 Å². The third-order valence-corrected chi connectivity index (χ3v) is 6.13. The number of hydrogen-bond donors (Lipinski definition) is 0. The molecule has 0 radical (unpaired) electrons. The van der Waals surface area contributed by atoms with Crippen LogP contribution < -0.4 is 4.90 Å². The molecule has 4 nitrogen and oxygen atoms in total. The van der Waals surface area contributed by atoms with E-state index in [0.29, 0.717) is 6.04 Å². The first-order valence-electron chi connectivity index (χ1n) is 7.97. The van der Waals surface area contributed by atoms with E-state index in [0.717, 1.165) is 23.9 Å². The Morgan fingerprint density at radius 2 is 2.24 bits per heavy atom. The highest BCUT2D eigenvalue weighted by atomic mass is 32.1. The fraction of sp³-hybridized carbons (Fsp3) is 0.625. The normalized spacial score (nSPS) is 26.5. The van der Waals surface area contributed by atoms with E-state index < -0.39 is 0 Å². The van der Waals surface area contributed by atoms with E-state index in [1.165, 1.54) is 42.6 Å². The number of rotatable bonds is 2. The van der Waals surface area contributed by atoms with Crippen molar-refractivity contribution in [2.24, 2.45) is 0 Å². The topological polar surface area (TPSA) is 32.3 Å². The van der Waals surface area contributed by atoms with Gasteiger partial charge < -0.3 is 4.90 Å². The molecule has 2 aliphatic rings. The molecule has 0 aliphatic carbocycles. The summed E-state index contributed by atoms with van der Waals surface area (Å²) in [6, 6.07) is 1.30. The van der Waals surface area contributed by atoms with Crippen LogP contribution in [0.5, 0.6) is 0 Å². The van der Waals surface area contributed by atoms with Crippen LogP contribution in [0, 0.1) is 6.92 Å². The lowest BCUT2D eigenvalue weighted by molar-refractivity contribution is 0.194. The number of thiophene rings is 1. The van der Waals surface area contributed by atoms with Crippen LogP contribution in [-0.2, 0) is 0 Å². The van der Waals surface area contributed by atoms with Crippen LogP contribution in [0.1, 0.15) is 31.7 Å². The molecule has 2 aromatic rings. The molecule has 2 fully saturated rings. The SMILES string of the molecule is CC[C@@H]1CN2CCC[C@@H]2CN1c1ncnc2c(C)csc12. The molecule has 21 heavy (non-hydrogen) atoms. The van der Waals surface area contributed by atoms with Gasteiger partial charge in [-0.3, -0.25) is 4.90 Å². The van der Waals surface area contributed by atoms with Crippen molar-refractivity contribution in [2.45, 2.75) is 45.2 Å². The first kappa shape index (κ1) is 13.5. The molecule has 0 amide bonds. The fourth-order valence-corrected chi connectivity index (χ4v) is 4.87. The Kier molecular flexibility index (Phi) is 3.34. The number of hydrogen-bond acceptors (Lipinski definition) is 5. The molecule has 2 saturated heterocycles. The summed E-state index contributed by atoms with van der Waals surface area (Å²) in [7, 11) is 0. The highest BCUT2D eigenvalue weighted by molar-refractivity contribution is 7.18. The average Bonchev–Trinajstić information content (AvgIpc) is 3.12. The lowest BCUT2D eigenvalue weighted by Gasteiger charge is -2.44. The third kappa shape index (κ3) is 2.14. The van der Waals surface area contributed by atoms with Crippen molar-refractivity contribution < 1.29 is 0 Å². The first-order valence-corrected chi connectivity index (χ1v) is 8.85. The van der Waals surface area contributed by atoms with E-state index in [-0.39, 0.29) is 0 Å². The monoisotopic (exact) mass is 302 g/mol. The summed E-state index contributed by atoms with van der Waals surface area (Å²) in [6.45, 7) is 8.04. The van der Waals surface area contributed by atoms with E-state index in [9.17, 15) is 0 Å². The van der Waals surface area contributed by atoms with Crippen molar-refractivity contribution >= 4 is 27.4 Å². The minimum atomic E-state index is 0.583. The van der Waals surface area contributed by atoms with Crippen LogP contribution in [0.15, 0.2) is 11.7 Å². The molecule has 0 saturated carbocycles. The average molecular weight is 302 g/mol. The largest absolute Gasteiger partial charge is 0.349 e. The summed E-state index contributed by atoms with van der Waals surface area (Å²) < 4.78 is 1.26. The molecule has 0 bridgehead atoms. The van der Waals surface area contributed by atoms with Gasteiger partial charge in [0.15, 0.2) is 0 Å². The molecule has 4 heterocycles. The number of aromatic nitrogens is 2. The zero-order chi connectivity index (χ0) is 14.4. The van der Waals surface area contributed by atoms with E-state index >= 15 is 0 Å². The number of nitrogens with zero attached hydrogens (tertiary/aromatic N) is 4. The number of anilines is 1. The maximum Gasteiger partial charge on any atom is 0.150 e. The van der Waals surface area contributed by atoms with E-state index in [2.05, 4.69) is 39.0 Å². The molecule has 4 rings (SSSR count). The van der Waals surface area contributed by atoms with Crippen LogP contribution in [-0.4, -0.2) is 46.6 Å². The van der Waals surface area contributed by atoms with Gasteiger partial charge in [-0.1, -0.05) is 6.92 Å². The van der Waals surface area contributed by atoms with Gasteiger partial charge in [0.25, 0.3) is 0 Å². The summed E-state index contributed by atoms with van der Waals surface area (Å²) in [5.41, 5.74) is 2.40. The van der Waals surface area contributed by atoms with Gasteiger partial charge in [-0.2, -0.15) is 0 Å². The minimum Gasteiger partial charge on any atom is -0.349 e. The predicted octanol–water partition coefficient (Wildman–Crippen LogP) is 3.06. The summed E-state index contributed by atoms with van der Waals surface area (Å²) in [6.07, 6.45) is 5.61. The minimum absolute atomic E-state index is 0.583. The van der Waals surface area contributed by atoms with Crippen molar-refractivity contribution in [3.05, 3.63) is 17.3 Å². The summed E-state index contributed by atoms with van der Waals surface area (Å²) in [5, 5.41) is 2.20. The second-order valence-corrected chi connectivity index (χ2v) is 7.18. The Morgan fingerprint density at radius 1 is 1.33 bits per heavy atom. The lowest BCUT2D eigenvalue weighted by Crippen LogP contribution is -2.56. The van der Waals surface area contributed by atoms with Gasteiger partial charge in [0, 0.05) is 25.2 Å². The molecule has 2 aromatic heterocycles. The standard InChI is InChI=1S/C16H22N4S/c1-3-12-7-19-6-4-5-13(19)8-20(12)16-15-14(17-10-18-16)11(2)9-21-15/h9-10,12-13H,3-8H2,1-2H3/t12-,13-/m1/s1. The zero-order valence-electron chi connectivity index (χ0n) is 12.7. The van der Waals surface area contributed by atoms with Crippen molar-refractivity contribution in [3.63, 3.8) is 0 Å². The Bertz CT molecular complexity index is 653. The second-order valence-electron chi connectivity index (χ2n) is 6.30. The Hall–Kier alpha value is -1.20. The van der Waals surface area contributed by atoms with Crippen LogP contribution in [0.4, 0.5) is 5.82 Å². The molecule has 2 aliphatic heterocycles. The van der Waals surface area contributed by atoms with Crippen LogP contribution in [0.2, 0.25) is 0 Å². The summed E-state index contributed by atoms with van der Waals surface area (Å²) in [5.74, 6) is 1.16. The van der Waals surface area contributed by atoms with Crippen LogP contribution >= 0.6 is 11.3 Å². The van der Waals surface area contributed by atoms with Gasteiger partial charge >= 0.3 is 0 Å². The Balaban J connectivity index is 1.75. The van der Waals surface area contributed by atoms with Gasteiger partial charge in [-0.05, 0) is 43.7 Å². The zero-order valence-corrected chi connectivity index (χ0v) is 13.6. The van der Waals surface area contributed by atoms with Gasteiger partial charge in [-0.15, -0.1) is 11.3 Å². The predicted molar refractivity (Wildman–Crippen MR) is 88.2 cm³/mol. The Labute approximate surface area is 129 Å². The molecular weight excluding hydrogens is 280 g/mol. The maximum absolute atomic E-state index is 4.66. The van der Waals surface area contributed by atoms with E-state index in [1.54, 1.807) is 17.7 Å². The molecule has 0 unspecified atom stereocenters. The molecule has 5 heteroatoms. The number of fused-ring (bicyclic) bond motifs is 2. The van der Waals surface area contributed by atoms with E-state index in [4.69, 9.17) is 0 Å². The number of piperazine rings is 1. The van der Waals surface area contributed by atoms with Crippen LogP contribution in [0.3, 0.4) is 0 Å². The quantitative estimate of drug-likeness (QED) is 0.853. The molecule has 0 aromatic carbocycles.